The SMILES string of the molecule is C/C=C/c1cc2c(c(OC)c1)OC(c1cc(OC)c(O)c(OC)c1)C2. The van der Waals surface area contributed by atoms with Crippen LogP contribution < -0.4 is 18.9 Å². The van der Waals surface area contributed by atoms with Crippen molar-refractivity contribution in [2.24, 2.45) is 0 Å². The third-order valence-corrected chi connectivity index (χ3v) is 4.27. The zero-order valence-electron chi connectivity index (χ0n) is 14.8. The molecule has 0 fully saturated rings. The Morgan fingerprint density at radius 2 is 1.64 bits per heavy atom. The van der Waals surface area contributed by atoms with Gasteiger partial charge in [0.05, 0.1) is 21.3 Å². The molecule has 0 aromatic heterocycles. The molecular weight excluding hydrogens is 320 g/mol. The molecule has 1 heterocycles. The van der Waals surface area contributed by atoms with Crippen molar-refractivity contribution in [2.45, 2.75) is 19.4 Å². The zero-order valence-corrected chi connectivity index (χ0v) is 14.8. The highest BCUT2D eigenvalue weighted by molar-refractivity contribution is 5.61. The van der Waals surface area contributed by atoms with E-state index in [-0.39, 0.29) is 11.9 Å². The Hall–Kier alpha value is -2.82. The average molecular weight is 342 g/mol. The van der Waals surface area contributed by atoms with E-state index < -0.39 is 0 Å². The lowest BCUT2D eigenvalue weighted by Crippen LogP contribution is -2.04. The zero-order chi connectivity index (χ0) is 18.0. The molecule has 3 rings (SSSR count). The van der Waals surface area contributed by atoms with Crippen molar-refractivity contribution in [3.8, 4) is 28.7 Å². The number of aromatic hydroxyl groups is 1. The Labute approximate surface area is 147 Å². The Morgan fingerprint density at radius 1 is 1.00 bits per heavy atom. The van der Waals surface area contributed by atoms with Crippen LogP contribution in [0.5, 0.6) is 28.7 Å². The van der Waals surface area contributed by atoms with E-state index in [0.29, 0.717) is 23.7 Å². The fraction of sp³-hybridized carbons (Fsp3) is 0.300. The topological polar surface area (TPSA) is 57.2 Å². The summed E-state index contributed by atoms with van der Waals surface area (Å²) < 4.78 is 22.1. The van der Waals surface area contributed by atoms with Crippen LogP contribution in [0.25, 0.3) is 6.08 Å². The predicted octanol–water partition coefficient (Wildman–Crippen LogP) is 4.13. The van der Waals surface area contributed by atoms with E-state index in [2.05, 4.69) is 6.07 Å². The van der Waals surface area contributed by atoms with Crippen molar-refractivity contribution in [2.75, 3.05) is 21.3 Å². The van der Waals surface area contributed by atoms with Crippen LogP contribution in [0, 0.1) is 0 Å². The van der Waals surface area contributed by atoms with E-state index in [1.165, 1.54) is 14.2 Å². The van der Waals surface area contributed by atoms with Gasteiger partial charge in [-0.25, -0.2) is 0 Å². The van der Waals surface area contributed by atoms with Crippen LogP contribution in [0.4, 0.5) is 0 Å². The molecular formula is C20H22O5. The lowest BCUT2D eigenvalue weighted by atomic mass is 10.0. The molecule has 1 aliphatic heterocycles. The minimum Gasteiger partial charge on any atom is -0.502 e. The van der Waals surface area contributed by atoms with E-state index >= 15 is 0 Å². The van der Waals surface area contributed by atoms with Gasteiger partial charge in [0.1, 0.15) is 6.10 Å². The molecule has 5 nitrogen and oxygen atoms in total. The molecule has 0 saturated heterocycles. The summed E-state index contributed by atoms with van der Waals surface area (Å²) in [6.45, 7) is 1.98. The summed E-state index contributed by atoms with van der Waals surface area (Å²) in [4.78, 5) is 0. The molecule has 25 heavy (non-hydrogen) atoms. The Balaban J connectivity index is 1.99. The number of allylic oxidation sites excluding steroid dienone is 1. The van der Waals surface area contributed by atoms with Crippen molar-refractivity contribution in [3.05, 3.63) is 47.0 Å². The van der Waals surface area contributed by atoms with Crippen LogP contribution in [-0.2, 0) is 6.42 Å². The van der Waals surface area contributed by atoms with Gasteiger partial charge in [-0.1, -0.05) is 12.2 Å². The number of rotatable bonds is 5. The highest BCUT2D eigenvalue weighted by Gasteiger charge is 2.29. The first-order valence-electron chi connectivity index (χ1n) is 8.06. The number of benzene rings is 2. The van der Waals surface area contributed by atoms with Crippen LogP contribution >= 0.6 is 0 Å². The molecule has 0 bridgehead atoms. The first-order chi connectivity index (χ1) is 12.1. The summed E-state index contributed by atoms with van der Waals surface area (Å²) >= 11 is 0. The Morgan fingerprint density at radius 3 is 2.20 bits per heavy atom. The summed E-state index contributed by atoms with van der Waals surface area (Å²) in [5.74, 6) is 2.17. The quantitative estimate of drug-likeness (QED) is 0.885. The van der Waals surface area contributed by atoms with Crippen molar-refractivity contribution in [1.82, 2.24) is 0 Å². The molecule has 1 N–H and O–H groups in total. The first-order valence-corrected chi connectivity index (χ1v) is 8.06. The van der Waals surface area contributed by atoms with Crippen LogP contribution in [0.15, 0.2) is 30.3 Å². The van der Waals surface area contributed by atoms with E-state index in [0.717, 1.165) is 22.4 Å². The number of fused-ring (bicyclic) bond motifs is 1. The molecule has 1 atom stereocenters. The summed E-state index contributed by atoms with van der Waals surface area (Å²) in [7, 11) is 4.65. The van der Waals surface area contributed by atoms with Crippen molar-refractivity contribution in [3.63, 3.8) is 0 Å². The van der Waals surface area contributed by atoms with Gasteiger partial charge in [-0.2, -0.15) is 0 Å². The molecule has 0 amide bonds. The number of methoxy groups -OCH3 is 3. The second kappa shape index (κ2) is 6.97. The maximum atomic E-state index is 10.1. The van der Waals surface area contributed by atoms with Crippen LogP contribution in [-0.4, -0.2) is 26.4 Å². The third-order valence-electron chi connectivity index (χ3n) is 4.27. The van der Waals surface area contributed by atoms with E-state index in [1.54, 1.807) is 19.2 Å². The van der Waals surface area contributed by atoms with Gasteiger partial charge in [0.25, 0.3) is 0 Å². The predicted molar refractivity (Wildman–Crippen MR) is 96.0 cm³/mol. The maximum absolute atomic E-state index is 10.1. The van der Waals surface area contributed by atoms with Crippen molar-refractivity contribution < 1.29 is 24.1 Å². The number of hydrogen-bond acceptors (Lipinski definition) is 5. The first kappa shape index (κ1) is 17.0. The van der Waals surface area contributed by atoms with Gasteiger partial charge < -0.3 is 24.1 Å². The average Bonchev–Trinajstić information content (AvgIpc) is 3.05. The number of ether oxygens (including phenoxy) is 4. The molecule has 0 radical (unpaired) electrons. The smallest absolute Gasteiger partial charge is 0.200 e. The summed E-state index contributed by atoms with van der Waals surface area (Å²) in [6, 6.07) is 7.60. The highest BCUT2D eigenvalue weighted by atomic mass is 16.5. The molecule has 2 aromatic carbocycles. The molecule has 0 aliphatic carbocycles. The Kier molecular flexibility index (Phi) is 4.74. The number of hydrogen-bond donors (Lipinski definition) is 1. The van der Waals surface area contributed by atoms with Gasteiger partial charge in [-0.3, -0.25) is 0 Å². The van der Waals surface area contributed by atoms with Crippen LogP contribution in [0.3, 0.4) is 0 Å². The summed E-state index contributed by atoms with van der Waals surface area (Å²) in [6.07, 6.45) is 4.52. The maximum Gasteiger partial charge on any atom is 0.200 e. The van der Waals surface area contributed by atoms with Gasteiger partial charge in [-0.05, 0) is 36.8 Å². The Bertz CT molecular complexity index is 785. The number of phenolic OH excluding ortho intramolecular Hbond substituents is 1. The van der Waals surface area contributed by atoms with Crippen LogP contribution in [0.1, 0.15) is 29.7 Å². The lowest BCUT2D eigenvalue weighted by Gasteiger charge is -2.16. The van der Waals surface area contributed by atoms with Gasteiger partial charge in [-0.15, -0.1) is 0 Å². The second-order valence-electron chi connectivity index (χ2n) is 5.80. The van der Waals surface area contributed by atoms with Gasteiger partial charge in [0.15, 0.2) is 23.0 Å². The molecule has 2 aromatic rings. The highest BCUT2D eigenvalue weighted by Crippen LogP contribution is 2.46. The standard InChI is InChI=1S/C20H22O5/c1-5-6-12-7-14-11-15(25-20(14)18(8-12)24-4)13-9-16(22-2)19(21)17(10-13)23-3/h5-10,15,21H,11H2,1-4H3/b6-5+. The normalized spacial score (nSPS) is 15.8. The molecule has 0 saturated carbocycles. The van der Waals surface area contributed by atoms with Gasteiger partial charge in [0.2, 0.25) is 5.75 Å². The minimum atomic E-state index is -0.201. The monoisotopic (exact) mass is 342 g/mol. The largest absolute Gasteiger partial charge is 0.502 e. The van der Waals surface area contributed by atoms with E-state index in [4.69, 9.17) is 18.9 Å². The molecule has 132 valence electrons. The fourth-order valence-electron chi connectivity index (χ4n) is 3.08. The summed E-state index contributed by atoms with van der Waals surface area (Å²) in [5.41, 5.74) is 3.03. The summed E-state index contributed by atoms with van der Waals surface area (Å²) in [5, 5.41) is 10.1. The third kappa shape index (κ3) is 3.09. The van der Waals surface area contributed by atoms with Crippen molar-refractivity contribution >= 4 is 6.08 Å². The fourth-order valence-corrected chi connectivity index (χ4v) is 3.08. The van der Waals surface area contributed by atoms with Crippen molar-refractivity contribution in [1.29, 1.82) is 0 Å². The molecule has 1 aliphatic rings. The van der Waals surface area contributed by atoms with Crippen LogP contribution in [0.2, 0.25) is 0 Å². The molecule has 0 spiro atoms. The minimum absolute atomic E-state index is 0.0165. The number of phenols is 1. The van der Waals surface area contributed by atoms with Gasteiger partial charge in [0, 0.05) is 17.5 Å². The van der Waals surface area contributed by atoms with Gasteiger partial charge >= 0.3 is 0 Å². The van der Waals surface area contributed by atoms with E-state index in [1.807, 2.05) is 25.1 Å². The van der Waals surface area contributed by atoms with E-state index in [9.17, 15) is 5.11 Å². The second-order valence-corrected chi connectivity index (χ2v) is 5.80. The molecule has 1 unspecified atom stereocenters. The lowest BCUT2D eigenvalue weighted by molar-refractivity contribution is 0.227. The molecule has 5 heteroatoms.